The fourth-order valence-corrected chi connectivity index (χ4v) is 3.27. The maximum absolute atomic E-state index is 12.9. The molecule has 1 aromatic rings. The van der Waals surface area contributed by atoms with Crippen molar-refractivity contribution in [3.05, 3.63) is 27.8 Å². The van der Waals surface area contributed by atoms with Crippen LogP contribution in [0.1, 0.15) is 43.0 Å². The summed E-state index contributed by atoms with van der Waals surface area (Å²) in [7, 11) is 1.33. The number of aliphatic hydroxyl groups excluding tert-OH is 1. The Morgan fingerprint density at radius 2 is 1.93 bits per heavy atom. The van der Waals surface area contributed by atoms with Gasteiger partial charge in [0.05, 0.1) is 42.3 Å². The third-order valence-corrected chi connectivity index (χ3v) is 4.69. The van der Waals surface area contributed by atoms with Gasteiger partial charge in [-0.2, -0.15) is 0 Å². The first-order valence-corrected chi connectivity index (χ1v) is 8.74. The number of carbonyl (C=O) groups is 2. The predicted octanol–water partition coefficient (Wildman–Crippen LogP) is 2.44. The lowest BCUT2D eigenvalue weighted by Crippen LogP contribution is -2.26. The molecule has 0 amide bonds. The van der Waals surface area contributed by atoms with Crippen LogP contribution < -0.4 is 9.47 Å². The third-order valence-electron chi connectivity index (χ3n) is 4.69. The Morgan fingerprint density at radius 3 is 2.48 bits per heavy atom. The molecule has 0 aliphatic heterocycles. The summed E-state index contributed by atoms with van der Waals surface area (Å²) in [6.07, 6.45) is 0.582. The highest BCUT2D eigenvalue weighted by atomic mass is 16.6. The van der Waals surface area contributed by atoms with E-state index in [2.05, 4.69) is 0 Å². The molecule has 3 atom stereocenters. The van der Waals surface area contributed by atoms with E-state index in [1.54, 1.807) is 0 Å². The molecule has 27 heavy (non-hydrogen) atoms. The zero-order valence-electron chi connectivity index (χ0n) is 15.2. The van der Waals surface area contributed by atoms with Gasteiger partial charge in [-0.15, -0.1) is 0 Å². The van der Waals surface area contributed by atoms with Crippen molar-refractivity contribution >= 4 is 17.4 Å². The molecule has 1 aliphatic rings. The molecule has 148 valence electrons. The van der Waals surface area contributed by atoms with E-state index >= 15 is 0 Å². The minimum atomic E-state index is -1.21. The molecular weight excluding hydrogens is 358 g/mol. The first-order chi connectivity index (χ1) is 12.8. The fraction of sp³-hybridized carbons (Fsp3) is 0.556. The number of methoxy groups -OCH3 is 1. The topological polar surface area (TPSA) is 136 Å². The second kappa shape index (κ2) is 8.81. The first-order valence-electron chi connectivity index (χ1n) is 8.74. The van der Waals surface area contributed by atoms with Crippen molar-refractivity contribution < 1.29 is 34.2 Å². The summed E-state index contributed by atoms with van der Waals surface area (Å²) in [5.74, 6) is -3.71. The summed E-state index contributed by atoms with van der Waals surface area (Å²) < 4.78 is 10.7. The maximum Gasteiger partial charge on any atom is 0.307 e. The number of aliphatic hydroxyl groups is 1. The summed E-state index contributed by atoms with van der Waals surface area (Å²) in [5, 5.41) is 30.5. The number of hydrogen-bond donors (Lipinski definition) is 2. The van der Waals surface area contributed by atoms with Gasteiger partial charge in [0.15, 0.2) is 17.3 Å². The van der Waals surface area contributed by atoms with Gasteiger partial charge in [-0.3, -0.25) is 19.7 Å². The molecule has 0 saturated heterocycles. The van der Waals surface area contributed by atoms with Crippen LogP contribution in [0.5, 0.6) is 11.5 Å². The van der Waals surface area contributed by atoms with Crippen LogP contribution in [0.2, 0.25) is 0 Å². The van der Waals surface area contributed by atoms with E-state index in [0.717, 1.165) is 18.9 Å². The number of aliphatic carboxylic acids is 1. The van der Waals surface area contributed by atoms with Crippen LogP contribution in [0.25, 0.3) is 0 Å². The molecule has 1 aliphatic carbocycles. The second-order valence-corrected chi connectivity index (χ2v) is 6.52. The SMILES string of the molecule is CCCCOc1cc(C(=O)C2C[C@H](O)C[C@H]2C(=O)O)c([N+](=O)[O-])cc1OC. The van der Waals surface area contributed by atoms with Gasteiger partial charge >= 0.3 is 5.97 Å². The maximum atomic E-state index is 12.9. The van der Waals surface area contributed by atoms with Crippen LogP contribution in [0.4, 0.5) is 5.69 Å². The number of carbonyl (C=O) groups excluding carboxylic acids is 1. The number of Topliss-reactive ketones (excluding diaryl/α,β-unsaturated/α-hetero) is 1. The number of rotatable bonds is 9. The van der Waals surface area contributed by atoms with Crippen molar-refractivity contribution in [1.29, 1.82) is 0 Å². The minimum Gasteiger partial charge on any atom is -0.493 e. The highest BCUT2D eigenvalue weighted by Crippen LogP contribution is 2.40. The van der Waals surface area contributed by atoms with Gasteiger partial charge < -0.3 is 19.7 Å². The molecule has 1 fully saturated rings. The lowest BCUT2D eigenvalue weighted by molar-refractivity contribution is -0.385. The van der Waals surface area contributed by atoms with Gasteiger partial charge in [0.1, 0.15) is 0 Å². The average Bonchev–Trinajstić information content (AvgIpc) is 3.02. The molecule has 2 N–H and O–H groups in total. The normalized spacial score (nSPS) is 21.7. The Morgan fingerprint density at radius 1 is 1.26 bits per heavy atom. The fourth-order valence-electron chi connectivity index (χ4n) is 3.27. The predicted molar refractivity (Wildman–Crippen MR) is 94.2 cm³/mol. The Hall–Kier alpha value is -2.68. The molecule has 0 spiro atoms. The van der Waals surface area contributed by atoms with Crippen LogP contribution >= 0.6 is 0 Å². The van der Waals surface area contributed by atoms with E-state index < -0.39 is 40.3 Å². The van der Waals surface area contributed by atoms with E-state index in [4.69, 9.17) is 9.47 Å². The number of nitro benzene ring substituents is 1. The molecular formula is C18H23NO8. The largest absolute Gasteiger partial charge is 0.493 e. The van der Waals surface area contributed by atoms with Crippen LogP contribution in [0.15, 0.2) is 12.1 Å². The Bertz CT molecular complexity index is 732. The number of nitro groups is 1. The Balaban J connectivity index is 2.46. The molecule has 0 radical (unpaired) electrons. The van der Waals surface area contributed by atoms with E-state index in [9.17, 15) is 29.9 Å². The number of nitrogens with zero attached hydrogens (tertiary/aromatic N) is 1. The van der Waals surface area contributed by atoms with Crippen LogP contribution in [0.3, 0.4) is 0 Å². The minimum absolute atomic E-state index is 0.0506. The molecule has 1 unspecified atom stereocenters. The summed E-state index contributed by atoms with van der Waals surface area (Å²) in [4.78, 5) is 35.1. The lowest BCUT2D eigenvalue weighted by atomic mass is 9.87. The number of carboxylic acid groups (broad SMARTS) is 1. The lowest BCUT2D eigenvalue weighted by Gasteiger charge is -2.16. The Labute approximate surface area is 156 Å². The molecule has 1 saturated carbocycles. The average molecular weight is 381 g/mol. The zero-order valence-corrected chi connectivity index (χ0v) is 15.2. The summed E-state index contributed by atoms with van der Waals surface area (Å²) in [6.45, 7) is 2.32. The van der Waals surface area contributed by atoms with Gasteiger partial charge in [0.2, 0.25) is 0 Å². The second-order valence-electron chi connectivity index (χ2n) is 6.52. The van der Waals surface area contributed by atoms with Gasteiger partial charge in [0, 0.05) is 12.0 Å². The summed E-state index contributed by atoms with van der Waals surface area (Å²) in [5.41, 5.74) is -0.720. The van der Waals surface area contributed by atoms with Crippen molar-refractivity contribution in [1.82, 2.24) is 0 Å². The molecule has 2 rings (SSSR count). The highest BCUT2D eigenvalue weighted by Gasteiger charge is 2.44. The van der Waals surface area contributed by atoms with E-state index in [1.807, 2.05) is 6.92 Å². The number of ketones is 1. The van der Waals surface area contributed by atoms with Gasteiger partial charge in [0.25, 0.3) is 5.69 Å². The summed E-state index contributed by atoms with van der Waals surface area (Å²) >= 11 is 0. The number of ether oxygens (including phenoxy) is 2. The van der Waals surface area contributed by atoms with E-state index in [0.29, 0.717) is 6.61 Å². The number of benzene rings is 1. The molecule has 0 bridgehead atoms. The van der Waals surface area contributed by atoms with Gasteiger partial charge in [-0.25, -0.2) is 0 Å². The molecule has 0 aromatic heterocycles. The summed E-state index contributed by atoms with van der Waals surface area (Å²) in [6, 6.07) is 2.34. The van der Waals surface area contributed by atoms with E-state index in [1.165, 1.54) is 13.2 Å². The zero-order chi connectivity index (χ0) is 20.1. The van der Waals surface area contributed by atoms with Gasteiger partial charge in [-0.1, -0.05) is 13.3 Å². The first kappa shape index (κ1) is 20.6. The standard InChI is InChI=1S/C18H23NO8/c1-3-4-5-27-16-8-13(14(19(24)25)9-15(16)26-2)17(21)11-6-10(20)7-12(11)18(22)23/h8-12,20H,3-7H2,1-2H3,(H,22,23)/t10-,11?,12+/m0/s1. The van der Waals surface area contributed by atoms with Gasteiger partial charge in [-0.05, 0) is 19.3 Å². The molecule has 0 heterocycles. The third kappa shape index (κ3) is 4.54. The number of unbranched alkanes of at least 4 members (excludes halogenated alkanes) is 1. The molecule has 9 heteroatoms. The monoisotopic (exact) mass is 381 g/mol. The quantitative estimate of drug-likeness (QED) is 0.288. The van der Waals surface area contributed by atoms with Crippen molar-refractivity contribution in [2.24, 2.45) is 11.8 Å². The van der Waals surface area contributed by atoms with Crippen molar-refractivity contribution in [2.45, 2.75) is 38.7 Å². The number of hydrogen-bond acceptors (Lipinski definition) is 7. The van der Waals surface area contributed by atoms with Crippen LogP contribution in [0, 0.1) is 22.0 Å². The Kier molecular flexibility index (Phi) is 6.73. The van der Waals surface area contributed by atoms with Crippen molar-refractivity contribution in [3.8, 4) is 11.5 Å². The van der Waals surface area contributed by atoms with Crippen molar-refractivity contribution in [2.75, 3.05) is 13.7 Å². The van der Waals surface area contributed by atoms with E-state index in [-0.39, 0.29) is 29.9 Å². The molecule has 1 aromatic carbocycles. The number of carboxylic acids is 1. The van der Waals surface area contributed by atoms with Crippen LogP contribution in [-0.2, 0) is 4.79 Å². The van der Waals surface area contributed by atoms with Crippen LogP contribution in [-0.4, -0.2) is 46.7 Å². The highest BCUT2D eigenvalue weighted by molar-refractivity contribution is 6.04. The molecule has 9 nitrogen and oxygen atoms in total. The van der Waals surface area contributed by atoms with Crippen molar-refractivity contribution in [3.63, 3.8) is 0 Å². The smallest absolute Gasteiger partial charge is 0.307 e.